The molecule has 2 N–H and O–H groups in total. The van der Waals surface area contributed by atoms with E-state index in [0.29, 0.717) is 5.57 Å². The Morgan fingerprint density at radius 2 is 2.21 bits per heavy atom. The van der Waals surface area contributed by atoms with Gasteiger partial charge in [0.05, 0.1) is 12.0 Å². The van der Waals surface area contributed by atoms with Gasteiger partial charge in [-0.2, -0.15) is 0 Å². The quantitative estimate of drug-likeness (QED) is 0.885. The van der Waals surface area contributed by atoms with E-state index in [1.807, 2.05) is 18.2 Å². The molecule has 0 bridgehead atoms. The topological polar surface area (TPSA) is 75.6 Å². The van der Waals surface area contributed by atoms with Crippen molar-refractivity contribution in [3.05, 3.63) is 33.8 Å². The van der Waals surface area contributed by atoms with Gasteiger partial charge in [-0.25, -0.2) is 0 Å². The van der Waals surface area contributed by atoms with Gasteiger partial charge in [-0.15, -0.1) is 0 Å². The van der Waals surface area contributed by atoms with Crippen LogP contribution in [0.3, 0.4) is 0 Å². The van der Waals surface area contributed by atoms with Gasteiger partial charge in [0.1, 0.15) is 12.4 Å². The van der Waals surface area contributed by atoms with Gasteiger partial charge >= 0.3 is 5.97 Å². The summed E-state index contributed by atoms with van der Waals surface area (Å²) in [5, 5.41) is 11.1. The summed E-state index contributed by atoms with van der Waals surface area (Å²) in [5.74, 6) is -0.513. The van der Waals surface area contributed by atoms with Crippen LogP contribution in [0, 0.1) is 0 Å². The fraction of sp³-hybridized carbons (Fsp3) is 0.231. The molecule has 0 radical (unpaired) electrons. The van der Waals surface area contributed by atoms with Crippen molar-refractivity contribution in [2.45, 2.75) is 6.42 Å². The minimum atomic E-state index is -0.941. The Kier molecular flexibility index (Phi) is 4.21. The van der Waals surface area contributed by atoms with Crippen molar-refractivity contribution in [2.75, 3.05) is 13.2 Å². The number of nitrogens with one attached hydrogen (secondary N) is 1. The van der Waals surface area contributed by atoms with E-state index in [4.69, 9.17) is 9.84 Å². The Balaban J connectivity index is 2.05. The number of halogens is 1. The van der Waals surface area contributed by atoms with Crippen molar-refractivity contribution >= 4 is 33.9 Å². The molecule has 5 nitrogen and oxygen atoms in total. The van der Waals surface area contributed by atoms with Gasteiger partial charge in [-0.05, 0) is 24.3 Å². The SMILES string of the molecule is O=C(O)CCNC(=O)C1=Cc2cc(Br)ccc2OC1. The second kappa shape index (κ2) is 5.88. The second-order valence-electron chi connectivity index (χ2n) is 4.04. The molecule has 0 saturated heterocycles. The molecular weight excluding hydrogens is 314 g/mol. The number of hydrogen-bond acceptors (Lipinski definition) is 3. The zero-order valence-electron chi connectivity index (χ0n) is 9.98. The smallest absolute Gasteiger partial charge is 0.305 e. The minimum absolute atomic E-state index is 0.0952. The van der Waals surface area contributed by atoms with Crippen LogP contribution < -0.4 is 10.1 Å². The minimum Gasteiger partial charge on any atom is -0.488 e. The molecule has 0 aromatic heterocycles. The van der Waals surface area contributed by atoms with Gasteiger partial charge in [0.2, 0.25) is 0 Å². The first kappa shape index (κ1) is 13.6. The predicted octanol–water partition coefficient (Wildman–Crippen LogP) is 1.82. The normalized spacial score (nSPS) is 13.0. The molecule has 0 aliphatic carbocycles. The van der Waals surface area contributed by atoms with Gasteiger partial charge in [-0.1, -0.05) is 15.9 Å². The Hall–Kier alpha value is -1.82. The highest BCUT2D eigenvalue weighted by Crippen LogP contribution is 2.29. The van der Waals surface area contributed by atoms with E-state index in [2.05, 4.69) is 21.2 Å². The zero-order chi connectivity index (χ0) is 13.8. The maximum absolute atomic E-state index is 11.8. The van der Waals surface area contributed by atoms with Crippen LogP contribution in [0.5, 0.6) is 5.75 Å². The summed E-state index contributed by atoms with van der Waals surface area (Å²) in [5.41, 5.74) is 1.31. The number of carboxylic acid groups (broad SMARTS) is 1. The lowest BCUT2D eigenvalue weighted by Gasteiger charge is -2.17. The first-order chi connectivity index (χ1) is 9.06. The number of amides is 1. The summed E-state index contributed by atoms with van der Waals surface area (Å²) in [7, 11) is 0. The van der Waals surface area contributed by atoms with Crippen LogP contribution in [0.1, 0.15) is 12.0 Å². The highest BCUT2D eigenvalue weighted by molar-refractivity contribution is 9.10. The molecule has 1 amide bonds. The Morgan fingerprint density at radius 3 is 2.95 bits per heavy atom. The van der Waals surface area contributed by atoms with E-state index in [1.54, 1.807) is 6.08 Å². The molecule has 0 spiro atoms. The van der Waals surface area contributed by atoms with Gasteiger partial charge in [0.25, 0.3) is 5.91 Å². The van der Waals surface area contributed by atoms with E-state index in [9.17, 15) is 9.59 Å². The maximum Gasteiger partial charge on any atom is 0.305 e. The van der Waals surface area contributed by atoms with E-state index < -0.39 is 5.97 Å². The number of benzene rings is 1. The Bertz CT molecular complexity index is 554. The van der Waals surface area contributed by atoms with Crippen LogP contribution in [-0.4, -0.2) is 30.1 Å². The summed E-state index contributed by atoms with van der Waals surface area (Å²) in [6.45, 7) is 0.296. The molecule has 2 rings (SSSR count). The lowest BCUT2D eigenvalue weighted by atomic mass is 10.1. The summed E-state index contributed by atoms with van der Waals surface area (Å²) in [4.78, 5) is 22.2. The molecule has 0 fully saturated rings. The van der Waals surface area contributed by atoms with Crippen molar-refractivity contribution in [3.8, 4) is 5.75 Å². The van der Waals surface area contributed by atoms with Crippen molar-refractivity contribution in [2.24, 2.45) is 0 Å². The number of carbonyl (C=O) groups is 2. The molecule has 6 heteroatoms. The molecule has 0 unspecified atom stereocenters. The standard InChI is InChI=1S/C13H12BrNO4/c14-10-1-2-11-8(6-10)5-9(7-19-11)13(18)15-4-3-12(16)17/h1-2,5-6H,3-4,7H2,(H,15,18)(H,16,17). The fourth-order valence-corrected chi connectivity index (χ4v) is 2.05. The molecule has 0 saturated carbocycles. The first-order valence-electron chi connectivity index (χ1n) is 5.69. The lowest BCUT2D eigenvalue weighted by molar-refractivity contribution is -0.136. The molecule has 1 aliphatic heterocycles. The highest BCUT2D eigenvalue weighted by Gasteiger charge is 2.17. The largest absolute Gasteiger partial charge is 0.488 e. The zero-order valence-corrected chi connectivity index (χ0v) is 11.6. The summed E-state index contributed by atoms with van der Waals surface area (Å²) in [6.07, 6.45) is 1.65. The van der Waals surface area contributed by atoms with E-state index in [0.717, 1.165) is 15.8 Å². The Morgan fingerprint density at radius 1 is 1.42 bits per heavy atom. The van der Waals surface area contributed by atoms with E-state index >= 15 is 0 Å². The van der Waals surface area contributed by atoms with E-state index in [-0.39, 0.29) is 25.5 Å². The molecule has 19 heavy (non-hydrogen) atoms. The average Bonchev–Trinajstić information content (AvgIpc) is 2.37. The number of carboxylic acids is 1. The molecule has 1 aromatic carbocycles. The molecule has 1 heterocycles. The highest BCUT2D eigenvalue weighted by atomic mass is 79.9. The van der Waals surface area contributed by atoms with Gasteiger partial charge < -0.3 is 15.2 Å². The van der Waals surface area contributed by atoms with Crippen molar-refractivity contribution < 1.29 is 19.4 Å². The molecule has 1 aromatic rings. The van der Waals surface area contributed by atoms with Crippen LogP contribution >= 0.6 is 15.9 Å². The van der Waals surface area contributed by atoms with Crippen LogP contribution in [0.15, 0.2) is 28.2 Å². The van der Waals surface area contributed by atoms with E-state index in [1.165, 1.54) is 0 Å². The third-order valence-electron chi connectivity index (χ3n) is 2.60. The lowest BCUT2D eigenvalue weighted by Crippen LogP contribution is -2.30. The Labute approximate surface area is 118 Å². The first-order valence-corrected chi connectivity index (χ1v) is 6.48. The molecule has 0 atom stereocenters. The number of carbonyl (C=O) groups excluding carboxylic acids is 1. The van der Waals surface area contributed by atoms with Crippen molar-refractivity contribution in [1.29, 1.82) is 0 Å². The fourth-order valence-electron chi connectivity index (χ4n) is 1.68. The summed E-state index contributed by atoms with van der Waals surface area (Å²) in [6, 6.07) is 5.55. The molecule has 1 aliphatic rings. The average molecular weight is 326 g/mol. The summed E-state index contributed by atoms with van der Waals surface area (Å²) < 4.78 is 6.37. The number of aliphatic carboxylic acids is 1. The maximum atomic E-state index is 11.8. The molecule has 100 valence electrons. The van der Waals surface area contributed by atoms with Crippen LogP contribution in [0.4, 0.5) is 0 Å². The predicted molar refractivity (Wildman–Crippen MR) is 72.9 cm³/mol. The number of rotatable bonds is 4. The second-order valence-corrected chi connectivity index (χ2v) is 4.96. The number of fused-ring (bicyclic) bond motifs is 1. The van der Waals surface area contributed by atoms with Crippen LogP contribution in [0.2, 0.25) is 0 Å². The monoisotopic (exact) mass is 325 g/mol. The van der Waals surface area contributed by atoms with Crippen LogP contribution in [0.25, 0.3) is 6.08 Å². The number of ether oxygens (including phenoxy) is 1. The van der Waals surface area contributed by atoms with Crippen LogP contribution in [-0.2, 0) is 9.59 Å². The van der Waals surface area contributed by atoms with Gasteiger partial charge in [0.15, 0.2) is 0 Å². The van der Waals surface area contributed by atoms with Crippen molar-refractivity contribution in [3.63, 3.8) is 0 Å². The third-order valence-corrected chi connectivity index (χ3v) is 3.09. The molecular formula is C13H12BrNO4. The van der Waals surface area contributed by atoms with Gasteiger partial charge in [0, 0.05) is 16.6 Å². The van der Waals surface area contributed by atoms with Crippen molar-refractivity contribution in [1.82, 2.24) is 5.32 Å². The summed E-state index contributed by atoms with van der Waals surface area (Å²) >= 11 is 3.35. The number of hydrogen-bond donors (Lipinski definition) is 2. The van der Waals surface area contributed by atoms with Gasteiger partial charge in [-0.3, -0.25) is 9.59 Å². The third kappa shape index (κ3) is 3.57.